The number of aromatic nitrogens is 3. The lowest BCUT2D eigenvalue weighted by Crippen LogP contribution is -2.06. The van der Waals surface area contributed by atoms with E-state index in [-0.39, 0.29) is 5.28 Å². The third-order valence-corrected chi connectivity index (χ3v) is 3.14. The summed E-state index contributed by atoms with van der Waals surface area (Å²) in [6.45, 7) is 4.21. The van der Waals surface area contributed by atoms with E-state index in [4.69, 9.17) is 23.2 Å². The second-order valence-corrected chi connectivity index (χ2v) is 4.71. The number of rotatable bonds is 3. The molecule has 0 N–H and O–H groups in total. The first-order chi connectivity index (χ1) is 8.11. The van der Waals surface area contributed by atoms with Crippen LogP contribution in [0.5, 0.6) is 0 Å². The van der Waals surface area contributed by atoms with Crippen molar-refractivity contribution in [1.82, 2.24) is 14.8 Å². The van der Waals surface area contributed by atoms with Gasteiger partial charge in [-0.1, -0.05) is 25.4 Å². The van der Waals surface area contributed by atoms with Crippen LogP contribution >= 0.6 is 23.2 Å². The van der Waals surface area contributed by atoms with Gasteiger partial charge in [0.05, 0.1) is 5.69 Å². The molecule has 0 fully saturated rings. The summed E-state index contributed by atoms with van der Waals surface area (Å²) in [5.41, 5.74) is 0.920. The lowest BCUT2D eigenvalue weighted by Gasteiger charge is -2.10. The van der Waals surface area contributed by atoms with Crippen molar-refractivity contribution in [3.05, 3.63) is 40.4 Å². The van der Waals surface area contributed by atoms with Crippen LogP contribution in [0.2, 0.25) is 10.3 Å². The van der Waals surface area contributed by atoms with Gasteiger partial charge in [-0.15, -0.1) is 5.10 Å². The van der Waals surface area contributed by atoms with Gasteiger partial charge in [0.25, 0.3) is 0 Å². The summed E-state index contributed by atoms with van der Waals surface area (Å²) in [6, 6.07) is 7.46. The smallest absolute Gasteiger partial charge is 0.216 e. The van der Waals surface area contributed by atoms with Crippen LogP contribution in [0.4, 0.5) is 0 Å². The van der Waals surface area contributed by atoms with E-state index < -0.39 is 0 Å². The molecule has 90 valence electrons. The SMILES string of the molecule is CCC(C)c1nc(Cl)nn1-c1ccc(Cl)cc1. The summed E-state index contributed by atoms with van der Waals surface area (Å²) in [5, 5.41) is 5.18. The van der Waals surface area contributed by atoms with E-state index in [1.54, 1.807) is 4.68 Å². The molecule has 0 radical (unpaired) electrons. The Bertz CT molecular complexity index is 505. The zero-order chi connectivity index (χ0) is 12.4. The van der Waals surface area contributed by atoms with Crippen LogP contribution in [0.3, 0.4) is 0 Å². The first-order valence-electron chi connectivity index (χ1n) is 5.50. The first-order valence-corrected chi connectivity index (χ1v) is 6.25. The van der Waals surface area contributed by atoms with Crippen molar-refractivity contribution >= 4 is 23.2 Å². The summed E-state index contributed by atoms with van der Waals surface area (Å²) < 4.78 is 1.77. The lowest BCUT2D eigenvalue weighted by atomic mass is 10.1. The van der Waals surface area contributed by atoms with Gasteiger partial charge in [0.1, 0.15) is 5.82 Å². The summed E-state index contributed by atoms with van der Waals surface area (Å²) >= 11 is 11.7. The van der Waals surface area contributed by atoms with Gasteiger partial charge in [-0.3, -0.25) is 0 Å². The topological polar surface area (TPSA) is 30.7 Å². The minimum absolute atomic E-state index is 0.273. The van der Waals surface area contributed by atoms with Crippen molar-refractivity contribution < 1.29 is 0 Å². The largest absolute Gasteiger partial charge is 0.243 e. The van der Waals surface area contributed by atoms with Gasteiger partial charge in [-0.05, 0) is 42.3 Å². The Kier molecular flexibility index (Phi) is 3.69. The van der Waals surface area contributed by atoms with Crippen molar-refractivity contribution in [2.45, 2.75) is 26.2 Å². The highest BCUT2D eigenvalue weighted by Gasteiger charge is 2.15. The maximum absolute atomic E-state index is 5.88. The Labute approximate surface area is 110 Å². The van der Waals surface area contributed by atoms with Crippen LogP contribution in [-0.4, -0.2) is 14.8 Å². The van der Waals surface area contributed by atoms with E-state index >= 15 is 0 Å². The molecule has 1 aromatic carbocycles. The standard InChI is InChI=1S/C12H13Cl2N3/c1-3-8(2)11-15-12(14)16-17(11)10-6-4-9(13)5-7-10/h4-8H,3H2,1-2H3. The molecule has 3 nitrogen and oxygen atoms in total. The molecule has 1 unspecified atom stereocenters. The predicted molar refractivity (Wildman–Crippen MR) is 70.1 cm³/mol. The highest BCUT2D eigenvalue weighted by Crippen LogP contribution is 2.22. The van der Waals surface area contributed by atoms with Gasteiger partial charge in [-0.25, -0.2) is 9.67 Å². The number of nitrogens with zero attached hydrogens (tertiary/aromatic N) is 3. The van der Waals surface area contributed by atoms with Gasteiger partial charge >= 0.3 is 0 Å². The monoisotopic (exact) mass is 269 g/mol. The lowest BCUT2D eigenvalue weighted by molar-refractivity contribution is 0.646. The number of benzene rings is 1. The van der Waals surface area contributed by atoms with Gasteiger partial charge in [0, 0.05) is 10.9 Å². The Balaban J connectivity index is 2.47. The second-order valence-electron chi connectivity index (χ2n) is 3.94. The third kappa shape index (κ3) is 2.61. The quantitative estimate of drug-likeness (QED) is 0.841. The van der Waals surface area contributed by atoms with Crippen LogP contribution in [0, 0.1) is 0 Å². The maximum atomic E-state index is 5.88. The fourth-order valence-corrected chi connectivity index (χ4v) is 1.86. The molecule has 2 rings (SSSR count). The number of halogens is 2. The fourth-order valence-electron chi connectivity index (χ4n) is 1.57. The number of hydrogen-bond acceptors (Lipinski definition) is 2. The van der Waals surface area contributed by atoms with Gasteiger partial charge in [-0.2, -0.15) is 0 Å². The van der Waals surface area contributed by atoms with Crippen molar-refractivity contribution in [1.29, 1.82) is 0 Å². The molecule has 1 aromatic heterocycles. The minimum Gasteiger partial charge on any atom is -0.216 e. The van der Waals surface area contributed by atoms with Crippen molar-refractivity contribution in [3.8, 4) is 5.69 Å². The Morgan fingerprint density at radius 1 is 1.24 bits per heavy atom. The summed E-state index contributed by atoms with van der Waals surface area (Å²) in [6.07, 6.45) is 0.989. The average molecular weight is 270 g/mol. The zero-order valence-electron chi connectivity index (χ0n) is 9.69. The molecule has 2 aromatic rings. The van der Waals surface area contributed by atoms with Crippen LogP contribution in [0.25, 0.3) is 5.69 Å². The Morgan fingerprint density at radius 2 is 1.88 bits per heavy atom. The normalized spacial score (nSPS) is 12.7. The van der Waals surface area contributed by atoms with E-state index in [1.165, 1.54) is 0 Å². The molecule has 1 atom stereocenters. The minimum atomic E-state index is 0.273. The Morgan fingerprint density at radius 3 is 2.47 bits per heavy atom. The predicted octanol–water partition coefficient (Wildman–Crippen LogP) is 4.09. The van der Waals surface area contributed by atoms with Gasteiger partial charge < -0.3 is 0 Å². The molecule has 0 saturated carbocycles. The molecule has 0 spiro atoms. The summed E-state index contributed by atoms with van der Waals surface area (Å²) in [7, 11) is 0. The highest BCUT2D eigenvalue weighted by molar-refractivity contribution is 6.30. The second kappa shape index (κ2) is 5.07. The van der Waals surface area contributed by atoms with E-state index in [9.17, 15) is 0 Å². The summed E-state index contributed by atoms with van der Waals surface area (Å²) in [4.78, 5) is 4.26. The molecule has 0 saturated heterocycles. The first kappa shape index (κ1) is 12.4. The fraction of sp³-hybridized carbons (Fsp3) is 0.333. The van der Waals surface area contributed by atoms with Crippen LogP contribution in [0.1, 0.15) is 32.0 Å². The van der Waals surface area contributed by atoms with E-state index in [1.807, 2.05) is 24.3 Å². The molecule has 17 heavy (non-hydrogen) atoms. The molecule has 5 heteroatoms. The molecular weight excluding hydrogens is 257 g/mol. The molecule has 0 aliphatic heterocycles. The van der Waals surface area contributed by atoms with Crippen LogP contribution in [0.15, 0.2) is 24.3 Å². The van der Waals surface area contributed by atoms with Gasteiger partial charge in [0.2, 0.25) is 5.28 Å². The molecule has 0 bridgehead atoms. The summed E-state index contributed by atoms with van der Waals surface area (Å²) in [5.74, 6) is 1.19. The van der Waals surface area contributed by atoms with Crippen molar-refractivity contribution in [2.24, 2.45) is 0 Å². The third-order valence-electron chi connectivity index (χ3n) is 2.73. The van der Waals surface area contributed by atoms with Crippen molar-refractivity contribution in [3.63, 3.8) is 0 Å². The maximum Gasteiger partial charge on any atom is 0.243 e. The van der Waals surface area contributed by atoms with E-state index in [0.717, 1.165) is 17.9 Å². The molecule has 1 heterocycles. The zero-order valence-corrected chi connectivity index (χ0v) is 11.2. The molecule has 0 amide bonds. The van der Waals surface area contributed by atoms with Crippen LogP contribution in [-0.2, 0) is 0 Å². The van der Waals surface area contributed by atoms with Gasteiger partial charge in [0.15, 0.2) is 0 Å². The highest BCUT2D eigenvalue weighted by atomic mass is 35.5. The number of hydrogen-bond donors (Lipinski definition) is 0. The van der Waals surface area contributed by atoms with E-state index in [2.05, 4.69) is 23.9 Å². The van der Waals surface area contributed by atoms with E-state index in [0.29, 0.717) is 10.9 Å². The van der Waals surface area contributed by atoms with Crippen molar-refractivity contribution in [2.75, 3.05) is 0 Å². The van der Waals surface area contributed by atoms with Crippen LogP contribution < -0.4 is 0 Å². The molecule has 0 aliphatic carbocycles. The average Bonchev–Trinajstić information content (AvgIpc) is 2.71. The molecule has 0 aliphatic rings. The molecular formula is C12H13Cl2N3. The Hall–Kier alpha value is -1.06.